The highest BCUT2D eigenvalue weighted by molar-refractivity contribution is 5.29. The predicted molar refractivity (Wildman–Crippen MR) is 82.1 cm³/mol. The highest BCUT2D eigenvalue weighted by atomic mass is 15.3. The lowest BCUT2D eigenvalue weighted by Gasteiger charge is -2.34. The predicted octanol–water partition coefficient (Wildman–Crippen LogP) is 2.78. The molecule has 0 aliphatic carbocycles. The molecule has 0 saturated heterocycles. The van der Waals surface area contributed by atoms with E-state index in [9.17, 15) is 0 Å². The summed E-state index contributed by atoms with van der Waals surface area (Å²) in [5, 5.41) is 4.40. The Kier molecular flexibility index (Phi) is 4.57. The summed E-state index contributed by atoms with van der Waals surface area (Å²) in [6.07, 6.45) is 2.90. The summed E-state index contributed by atoms with van der Waals surface area (Å²) < 4.78 is 2.04. The number of hydrogen-bond acceptors (Lipinski definition) is 3. The number of rotatable bonds is 6. The molecule has 4 heteroatoms. The molecule has 0 radical (unpaired) electrons. The number of hydrogen-bond donors (Lipinski definition) is 2. The van der Waals surface area contributed by atoms with E-state index in [4.69, 9.17) is 5.84 Å². The van der Waals surface area contributed by atoms with E-state index in [1.165, 1.54) is 5.56 Å². The zero-order valence-electron chi connectivity index (χ0n) is 12.5. The van der Waals surface area contributed by atoms with Crippen molar-refractivity contribution in [3.63, 3.8) is 0 Å². The molecule has 0 spiro atoms. The molecule has 108 valence electrons. The molecule has 1 aromatic heterocycles. The van der Waals surface area contributed by atoms with Crippen molar-refractivity contribution < 1.29 is 0 Å². The first-order valence-electron chi connectivity index (χ1n) is 7.14. The number of aryl methyl sites for hydroxylation is 1. The molecule has 0 saturated carbocycles. The summed E-state index contributed by atoms with van der Waals surface area (Å²) in [5.74, 6) is 5.86. The molecule has 1 aromatic carbocycles. The maximum Gasteiger partial charge on any atom is 0.0720 e. The van der Waals surface area contributed by atoms with E-state index in [1.54, 1.807) is 0 Å². The molecule has 4 nitrogen and oxygen atoms in total. The molecule has 1 heterocycles. The Morgan fingerprint density at radius 2 is 1.95 bits per heavy atom. The molecule has 0 aliphatic heterocycles. The van der Waals surface area contributed by atoms with Gasteiger partial charge in [-0.3, -0.25) is 16.0 Å². The Labute approximate surface area is 121 Å². The highest BCUT2D eigenvalue weighted by Crippen LogP contribution is 2.36. The van der Waals surface area contributed by atoms with Crippen LogP contribution in [0.4, 0.5) is 0 Å². The van der Waals surface area contributed by atoms with Gasteiger partial charge in [0.1, 0.15) is 0 Å². The van der Waals surface area contributed by atoms with E-state index in [-0.39, 0.29) is 11.5 Å². The normalized spacial score (nSPS) is 13.4. The maximum absolute atomic E-state index is 5.86. The van der Waals surface area contributed by atoms with E-state index in [0.717, 1.165) is 18.7 Å². The SMILES string of the molecule is CCCn1nccc1C(NN)C(C)(C)c1ccccc1. The summed E-state index contributed by atoms with van der Waals surface area (Å²) in [7, 11) is 0. The van der Waals surface area contributed by atoms with E-state index in [2.05, 4.69) is 55.6 Å². The second kappa shape index (κ2) is 6.20. The minimum atomic E-state index is -0.123. The van der Waals surface area contributed by atoms with Crippen LogP contribution in [-0.2, 0) is 12.0 Å². The van der Waals surface area contributed by atoms with Gasteiger partial charge in [0.2, 0.25) is 0 Å². The van der Waals surface area contributed by atoms with Crippen LogP contribution in [0.25, 0.3) is 0 Å². The molecule has 1 unspecified atom stereocenters. The van der Waals surface area contributed by atoms with Crippen LogP contribution in [-0.4, -0.2) is 9.78 Å². The number of nitrogens with two attached hydrogens (primary N) is 1. The molecule has 1 atom stereocenters. The third-order valence-electron chi connectivity index (χ3n) is 3.89. The van der Waals surface area contributed by atoms with Gasteiger partial charge in [0.25, 0.3) is 0 Å². The quantitative estimate of drug-likeness (QED) is 0.628. The van der Waals surface area contributed by atoms with Gasteiger partial charge in [-0.15, -0.1) is 0 Å². The molecule has 2 aromatic rings. The Morgan fingerprint density at radius 1 is 1.25 bits per heavy atom. The fraction of sp³-hybridized carbons (Fsp3) is 0.438. The molecular weight excluding hydrogens is 248 g/mol. The zero-order chi connectivity index (χ0) is 14.6. The largest absolute Gasteiger partial charge is 0.271 e. The Balaban J connectivity index is 2.38. The average molecular weight is 272 g/mol. The fourth-order valence-corrected chi connectivity index (χ4v) is 2.68. The lowest BCUT2D eigenvalue weighted by atomic mass is 9.76. The van der Waals surface area contributed by atoms with Gasteiger partial charge in [0, 0.05) is 18.2 Å². The number of nitrogens with zero attached hydrogens (tertiary/aromatic N) is 2. The van der Waals surface area contributed by atoms with Crippen LogP contribution < -0.4 is 11.3 Å². The number of nitrogens with one attached hydrogen (secondary N) is 1. The van der Waals surface area contributed by atoms with Gasteiger partial charge in [0.15, 0.2) is 0 Å². The summed E-state index contributed by atoms with van der Waals surface area (Å²) in [6.45, 7) is 7.47. The molecular formula is C16H24N4. The third kappa shape index (κ3) is 2.76. The van der Waals surface area contributed by atoms with Gasteiger partial charge in [-0.1, -0.05) is 51.1 Å². The van der Waals surface area contributed by atoms with Crippen LogP contribution >= 0.6 is 0 Å². The van der Waals surface area contributed by atoms with Crippen LogP contribution in [0.5, 0.6) is 0 Å². The van der Waals surface area contributed by atoms with E-state index in [0.29, 0.717) is 0 Å². The van der Waals surface area contributed by atoms with Crippen molar-refractivity contribution in [3.8, 4) is 0 Å². The molecule has 0 bridgehead atoms. The summed E-state index contributed by atoms with van der Waals surface area (Å²) >= 11 is 0. The van der Waals surface area contributed by atoms with Crippen molar-refractivity contribution in [3.05, 3.63) is 53.9 Å². The number of hydrazine groups is 1. The first kappa shape index (κ1) is 14.8. The second-order valence-corrected chi connectivity index (χ2v) is 5.67. The van der Waals surface area contributed by atoms with Crippen molar-refractivity contribution >= 4 is 0 Å². The average Bonchev–Trinajstić information content (AvgIpc) is 2.89. The Hall–Kier alpha value is -1.65. The summed E-state index contributed by atoms with van der Waals surface area (Å²) in [4.78, 5) is 0. The topological polar surface area (TPSA) is 55.9 Å². The van der Waals surface area contributed by atoms with Crippen molar-refractivity contribution in [2.45, 2.75) is 45.2 Å². The van der Waals surface area contributed by atoms with E-state index in [1.807, 2.05) is 23.0 Å². The lowest BCUT2D eigenvalue weighted by Crippen LogP contribution is -2.42. The molecule has 3 N–H and O–H groups in total. The van der Waals surface area contributed by atoms with E-state index < -0.39 is 0 Å². The molecule has 20 heavy (non-hydrogen) atoms. The number of aromatic nitrogens is 2. The minimum Gasteiger partial charge on any atom is -0.271 e. The van der Waals surface area contributed by atoms with Crippen molar-refractivity contribution in [1.29, 1.82) is 0 Å². The van der Waals surface area contributed by atoms with Crippen molar-refractivity contribution in [2.75, 3.05) is 0 Å². The Bertz CT molecular complexity index is 530. The lowest BCUT2D eigenvalue weighted by molar-refractivity contribution is 0.330. The van der Waals surface area contributed by atoms with Crippen molar-refractivity contribution in [2.24, 2.45) is 5.84 Å². The number of benzene rings is 1. The van der Waals surface area contributed by atoms with Crippen LogP contribution in [0, 0.1) is 0 Å². The molecule has 0 aliphatic rings. The van der Waals surface area contributed by atoms with Crippen LogP contribution in [0.15, 0.2) is 42.6 Å². The van der Waals surface area contributed by atoms with Crippen LogP contribution in [0.1, 0.15) is 44.5 Å². The fourth-order valence-electron chi connectivity index (χ4n) is 2.68. The van der Waals surface area contributed by atoms with Gasteiger partial charge in [-0.05, 0) is 18.1 Å². The monoisotopic (exact) mass is 272 g/mol. The van der Waals surface area contributed by atoms with E-state index >= 15 is 0 Å². The molecule has 0 amide bonds. The van der Waals surface area contributed by atoms with Crippen LogP contribution in [0.3, 0.4) is 0 Å². The third-order valence-corrected chi connectivity index (χ3v) is 3.89. The second-order valence-electron chi connectivity index (χ2n) is 5.67. The Morgan fingerprint density at radius 3 is 2.55 bits per heavy atom. The highest BCUT2D eigenvalue weighted by Gasteiger charge is 2.33. The van der Waals surface area contributed by atoms with Gasteiger partial charge >= 0.3 is 0 Å². The molecule has 0 fully saturated rings. The standard InChI is InChI=1S/C16H24N4/c1-4-12-20-14(10-11-18-20)15(19-17)16(2,3)13-8-6-5-7-9-13/h5-11,15,19H,4,12,17H2,1-3H3. The van der Waals surface area contributed by atoms with Gasteiger partial charge < -0.3 is 0 Å². The maximum atomic E-state index is 5.86. The first-order chi connectivity index (χ1) is 9.61. The van der Waals surface area contributed by atoms with Gasteiger partial charge in [0.05, 0.1) is 11.7 Å². The first-order valence-corrected chi connectivity index (χ1v) is 7.14. The minimum absolute atomic E-state index is 0.0129. The summed E-state index contributed by atoms with van der Waals surface area (Å²) in [6, 6.07) is 12.5. The zero-order valence-corrected chi connectivity index (χ0v) is 12.5. The van der Waals surface area contributed by atoms with Crippen molar-refractivity contribution in [1.82, 2.24) is 15.2 Å². The van der Waals surface area contributed by atoms with Gasteiger partial charge in [-0.2, -0.15) is 5.10 Å². The smallest absolute Gasteiger partial charge is 0.0720 e. The summed E-state index contributed by atoms with van der Waals surface area (Å²) in [5.41, 5.74) is 5.24. The van der Waals surface area contributed by atoms with Crippen LogP contribution in [0.2, 0.25) is 0 Å². The van der Waals surface area contributed by atoms with Gasteiger partial charge in [-0.25, -0.2) is 0 Å². The molecule has 2 rings (SSSR count).